The normalized spacial score (nSPS) is 18.0. The molecule has 3 heterocycles. The second-order valence-corrected chi connectivity index (χ2v) is 8.29. The van der Waals surface area contributed by atoms with Crippen molar-refractivity contribution in [3.63, 3.8) is 0 Å². The maximum absolute atomic E-state index is 11.3. The number of aromatic nitrogens is 5. The first kappa shape index (κ1) is 19.7. The summed E-state index contributed by atoms with van der Waals surface area (Å²) in [4.78, 5) is 23.0. The highest BCUT2D eigenvalue weighted by atomic mass is 35.5. The van der Waals surface area contributed by atoms with Gasteiger partial charge in [0, 0.05) is 10.8 Å². The first-order valence-corrected chi connectivity index (χ1v) is 10.8. The molecule has 0 radical (unpaired) electrons. The summed E-state index contributed by atoms with van der Waals surface area (Å²) in [5, 5.41) is 19.3. The Balaban J connectivity index is 1.55. The molecule has 9 nitrogen and oxygen atoms in total. The van der Waals surface area contributed by atoms with Gasteiger partial charge in [-0.05, 0) is 37.5 Å². The van der Waals surface area contributed by atoms with Crippen LogP contribution >= 0.6 is 11.6 Å². The van der Waals surface area contributed by atoms with Crippen molar-refractivity contribution in [3.05, 3.63) is 47.1 Å². The zero-order valence-corrected chi connectivity index (χ0v) is 17.8. The van der Waals surface area contributed by atoms with Gasteiger partial charge in [0.2, 0.25) is 5.95 Å². The summed E-state index contributed by atoms with van der Waals surface area (Å²) in [5.74, 6) is 1.42. The number of halogens is 1. The highest BCUT2D eigenvalue weighted by molar-refractivity contribution is 6.33. The van der Waals surface area contributed by atoms with E-state index < -0.39 is 5.97 Å². The van der Waals surface area contributed by atoms with E-state index in [0.717, 1.165) is 36.6 Å². The van der Waals surface area contributed by atoms with E-state index in [1.165, 1.54) is 18.9 Å². The van der Waals surface area contributed by atoms with Gasteiger partial charge in [0.25, 0.3) is 0 Å². The van der Waals surface area contributed by atoms with Crippen molar-refractivity contribution in [3.8, 4) is 5.69 Å². The van der Waals surface area contributed by atoms with Gasteiger partial charge in [0.15, 0.2) is 11.6 Å². The van der Waals surface area contributed by atoms with Crippen LogP contribution in [-0.2, 0) is 0 Å². The molecule has 1 aromatic carbocycles. The molecule has 31 heavy (non-hydrogen) atoms. The van der Waals surface area contributed by atoms with Crippen LogP contribution in [0.4, 0.5) is 17.5 Å². The van der Waals surface area contributed by atoms with Crippen LogP contribution in [0.3, 0.4) is 0 Å². The Hall–Kier alpha value is -3.20. The third-order valence-corrected chi connectivity index (χ3v) is 6.36. The number of anilines is 3. The quantitative estimate of drug-likeness (QED) is 0.604. The molecule has 1 atom stereocenters. The van der Waals surface area contributed by atoms with Crippen molar-refractivity contribution < 1.29 is 9.90 Å². The fraction of sp³-hybridized carbons (Fsp3) is 0.381. The molecule has 1 aliphatic carbocycles. The van der Waals surface area contributed by atoms with E-state index in [0.29, 0.717) is 22.7 Å². The predicted octanol–water partition coefficient (Wildman–Crippen LogP) is 3.53. The molecule has 2 aliphatic rings. The summed E-state index contributed by atoms with van der Waals surface area (Å²) < 4.78 is 1.97. The summed E-state index contributed by atoms with van der Waals surface area (Å²) in [6, 6.07) is 5.20. The Labute approximate surface area is 184 Å². The van der Waals surface area contributed by atoms with Gasteiger partial charge in [-0.25, -0.2) is 4.98 Å². The summed E-state index contributed by atoms with van der Waals surface area (Å²) in [6.07, 6.45) is 9.08. The van der Waals surface area contributed by atoms with Gasteiger partial charge in [-0.1, -0.05) is 31.4 Å². The zero-order chi connectivity index (χ0) is 21.5. The lowest BCUT2D eigenvalue weighted by Crippen LogP contribution is -2.42. The number of hydrogen-bond acceptors (Lipinski definition) is 7. The summed E-state index contributed by atoms with van der Waals surface area (Å²) >= 11 is 6.31. The topological polar surface area (TPSA) is 112 Å². The number of carbonyl (C=O) groups excluding carboxylic acids is 1. The number of benzene rings is 1. The molecule has 0 unspecified atom stereocenters. The van der Waals surface area contributed by atoms with Crippen molar-refractivity contribution >= 4 is 35.0 Å². The predicted molar refractivity (Wildman–Crippen MR) is 117 cm³/mol. The molecule has 10 heteroatoms. The van der Waals surface area contributed by atoms with Gasteiger partial charge in [-0.3, -0.25) is 4.57 Å². The fourth-order valence-electron chi connectivity index (χ4n) is 4.58. The second-order valence-electron chi connectivity index (χ2n) is 7.88. The molecule has 1 aliphatic heterocycles. The Morgan fingerprint density at radius 2 is 2.13 bits per heavy atom. The van der Waals surface area contributed by atoms with Crippen LogP contribution in [0.15, 0.2) is 30.7 Å². The van der Waals surface area contributed by atoms with Crippen LogP contribution in [0.25, 0.3) is 5.69 Å². The minimum atomic E-state index is -0.777. The van der Waals surface area contributed by atoms with Gasteiger partial charge < -0.3 is 15.3 Å². The zero-order valence-electron chi connectivity index (χ0n) is 17.0. The average molecular weight is 441 g/mol. The third-order valence-electron chi connectivity index (χ3n) is 6.04. The molecule has 0 amide bonds. The van der Waals surface area contributed by atoms with Gasteiger partial charge in [0.05, 0.1) is 22.9 Å². The molecular weight excluding hydrogens is 418 g/mol. The highest BCUT2D eigenvalue weighted by Crippen LogP contribution is 2.42. The molecule has 0 saturated heterocycles. The van der Waals surface area contributed by atoms with Gasteiger partial charge in [-0.15, -0.1) is 10.2 Å². The minimum absolute atomic E-state index is 0.104. The molecule has 0 bridgehead atoms. The molecule has 3 N–H and O–H groups in total. The molecule has 1 saturated carbocycles. The third kappa shape index (κ3) is 3.38. The van der Waals surface area contributed by atoms with Crippen LogP contribution in [0, 0.1) is 0 Å². The summed E-state index contributed by atoms with van der Waals surface area (Å²) in [7, 11) is 0. The number of hydrogen-bond donors (Lipinski definition) is 1. The molecular formula is C21H23ClN7O2+. The van der Waals surface area contributed by atoms with E-state index in [2.05, 4.69) is 32.3 Å². The molecule has 1 fully saturated rings. The Morgan fingerprint density at radius 1 is 1.32 bits per heavy atom. The van der Waals surface area contributed by atoms with Gasteiger partial charge in [-0.2, -0.15) is 4.98 Å². The first-order chi connectivity index (χ1) is 15.1. The lowest BCUT2D eigenvalue weighted by atomic mass is 10.0. The van der Waals surface area contributed by atoms with Crippen LogP contribution < -0.4 is 10.2 Å². The highest BCUT2D eigenvalue weighted by Gasteiger charge is 2.38. The number of rotatable bonds is 5. The monoisotopic (exact) mass is 440 g/mol. The Morgan fingerprint density at radius 3 is 2.84 bits per heavy atom. The van der Waals surface area contributed by atoms with Crippen molar-refractivity contribution in [1.82, 2.24) is 24.7 Å². The lowest BCUT2D eigenvalue weighted by Gasteiger charge is -2.40. The van der Waals surface area contributed by atoms with Crippen molar-refractivity contribution in [1.29, 1.82) is 0 Å². The second kappa shape index (κ2) is 7.81. The van der Waals surface area contributed by atoms with Crippen LogP contribution in [0.5, 0.6) is 0 Å². The van der Waals surface area contributed by atoms with E-state index >= 15 is 0 Å². The summed E-state index contributed by atoms with van der Waals surface area (Å²) in [5.41, 5.74) is 1.68. The fourth-order valence-corrected chi connectivity index (χ4v) is 4.81. The summed E-state index contributed by atoms with van der Waals surface area (Å²) in [6.45, 7) is 2.16. The number of carbonyl (C=O) groups is 1. The van der Waals surface area contributed by atoms with E-state index in [-0.39, 0.29) is 11.6 Å². The van der Waals surface area contributed by atoms with Crippen molar-refractivity contribution in [2.24, 2.45) is 0 Å². The molecule has 0 spiro atoms. The molecule has 5 rings (SSSR count). The van der Waals surface area contributed by atoms with Crippen LogP contribution in [0.1, 0.15) is 61.3 Å². The molecule has 2 aromatic heterocycles. The number of nitrogens with one attached hydrogen (secondary N) is 1. The number of nitrogens with zero attached hydrogens (tertiary/aromatic N) is 6. The van der Waals surface area contributed by atoms with E-state index in [1.54, 1.807) is 24.7 Å². The van der Waals surface area contributed by atoms with E-state index in [9.17, 15) is 4.79 Å². The minimum Gasteiger partial charge on any atom is -0.561 e. The standard InChI is InChI=1S/C21H22ClN7O2/c1-2-16-19-27-24-11-28(19)17-10-23-21(26-18(17)29(16)13-5-3-4-6-13)25-15-8-7-12(20(30)31)9-14(15)22/h7-11,13,16H,2-6H2,1H3,(H,30,31)(H,23,25,26)/p+1/t16-/m1/s1. The van der Waals surface area contributed by atoms with Crippen LogP contribution in [0.2, 0.25) is 5.02 Å². The molecule has 160 valence electrons. The largest absolute Gasteiger partial charge is 0.561 e. The van der Waals surface area contributed by atoms with E-state index in [4.69, 9.17) is 21.7 Å². The average Bonchev–Trinajstić information content (AvgIpc) is 3.46. The maximum Gasteiger partial charge on any atom is 0.549 e. The smallest absolute Gasteiger partial charge is 0.549 e. The Kier molecular flexibility index (Phi) is 4.97. The van der Waals surface area contributed by atoms with Gasteiger partial charge in [0.1, 0.15) is 17.6 Å². The number of fused-ring (bicyclic) bond motifs is 3. The van der Waals surface area contributed by atoms with Crippen molar-refractivity contribution in [2.75, 3.05) is 10.2 Å². The molecule has 3 aromatic rings. The Bertz CT molecular complexity index is 1140. The van der Waals surface area contributed by atoms with Crippen LogP contribution in [-0.4, -0.2) is 41.9 Å². The lowest BCUT2D eigenvalue weighted by molar-refractivity contribution is 0.0697. The van der Waals surface area contributed by atoms with Gasteiger partial charge >= 0.3 is 5.97 Å². The SMILES string of the molecule is CC[C@@H]1c2nncn2-c2cnc(Nc3ccc(C(=O)[OH2+])cc3Cl)nc2N1C1CCCC1. The van der Waals surface area contributed by atoms with E-state index in [1.807, 2.05) is 4.57 Å². The first-order valence-electron chi connectivity index (χ1n) is 10.4. The van der Waals surface area contributed by atoms with Crippen molar-refractivity contribution in [2.45, 2.75) is 51.1 Å². The maximum atomic E-state index is 11.3.